The van der Waals surface area contributed by atoms with Gasteiger partial charge >= 0.3 is 5.97 Å². The van der Waals surface area contributed by atoms with E-state index in [0.717, 1.165) is 5.56 Å². The van der Waals surface area contributed by atoms with Crippen LogP contribution in [0.2, 0.25) is 0 Å². The van der Waals surface area contributed by atoms with E-state index in [2.05, 4.69) is 5.32 Å². The van der Waals surface area contributed by atoms with E-state index < -0.39 is 5.97 Å². The fourth-order valence-electron chi connectivity index (χ4n) is 1.65. The average Bonchev–Trinajstić information content (AvgIpc) is 2.36. The Kier molecular flexibility index (Phi) is 6.02. The molecule has 0 heterocycles. The van der Waals surface area contributed by atoms with Crippen LogP contribution in [-0.2, 0) is 11.2 Å². The molecule has 0 radical (unpaired) electrons. The summed E-state index contributed by atoms with van der Waals surface area (Å²) < 4.78 is 0. The number of amides is 1. The summed E-state index contributed by atoms with van der Waals surface area (Å²) in [5.74, 6) is -0.963. The van der Waals surface area contributed by atoms with Crippen LogP contribution in [-0.4, -0.2) is 29.6 Å². The number of benzene rings is 1. The van der Waals surface area contributed by atoms with Crippen molar-refractivity contribution in [2.75, 3.05) is 6.54 Å². The van der Waals surface area contributed by atoms with Crippen LogP contribution >= 0.6 is 0 Å². The van der Waals surface area contributed by atoms with Gasteiger partial charge in [-0.1, -0.05) is 12.1 Å². The second kappa shape index (κ2) is 7.53. The van der Waals surface area contributed by atoms with Gasteiger partial charge in [0, 0.05) is 19.0 Å². The number of nitrogens with two attached hydrogens (primary N) is 1. The van der Waals surface area contributed by atoms with Crippen molar-refractivity contribution in [3.05, 3.63) is 35.4 Å². The van der Waals surface area contributed by atoms with Gasteiger partial charge in [0.1, 0.15) is 0 Å². The molecule has 5 nitrogen and oxygen atoms in total. The number of carboxylic acids is 1. The maximum atomic E-state index is 11.5. The quantitative estimate of drug-likeness (QED) is 0.689. The summed E-state index contributed by atoms with van der Waals surface area (Å²) >= 11 is 0. The zero-order valence-electron chi connectivity index (χ0n) is 11.1. The molecule has 1 aromatic carbocycles. The second-order valence-corrected chi connectivity index (χ2v) is 4.62. The third-order valence-electron chi connectivity index (χ3n) is 2.74. The molecule has 0 aromatic heterocycles. The molecule has 4 N–H and O–H groups in total. The molecule has 0 aliphatic rings. The summed E-state index contributed by atoms with van der Waals surface area (Å²) in [5, 5.41) is 11.7. The lowest BCUT2D eigenvalue weighted by atomic mass is 10.1. The highest BCUT2D eigenvalue weighted by Gasteiger charge is 2.05. The van der Waals surface area contributed by atoms with Gasteiger partial charge < -0.3 is 16.2 Å². The van der Waals surface area contributed by atoms with Crippen molar-refractivity contribution in [1.82, 2.24) is 5.32 Å². The first-order chi connectivity index (χ1) is 8.99. The first kappa shape index (κ1) is 15.2. The Morgan fingerprint density at radius 3 is 2.79 bits per heavy atom. The van der Waals surface area contributed by atoms with E-state index in [1.165, 1.54) is 0 Å². The van der Waals surface area contributed by atoms with Gasteiger partial charge in [0.05, 0.1) is 5.56 Å². The number of rotatable bonds is 7. The number of nitrogens with one attached hydrogen (secondary N) is 1. The van der Waals surface area contributed by atoms with Gasteiger partial charge in [0.15, 0.2) is 0 Å². The van der Waals surface area contributed by atoms with Gasteiger partial charge in [-0.25, -0.2) is 4.79 Å². The van der Waals surface area contributed by atoms with Gasteiger partial charge in [-0.15, -0.1) is 0 Å². The Hall–Kier alpha value is -1.88. The zero-order chi connectivity index (χ0) is 14.3. The Labute approximate surface area is 112 Å². The van der Waals surface area contributed by atoms with E-state index in [0.29, 0.717) is 25.8 Å². The SMILES string of the molecule is CC(N)CCC(=O)NCCc1cccc(C(=O)O)c1. The van der Waals surface area contributed by atoms with Crippen molar-refractivity contribution in [1.29, 1.82) is 0 Å². The van der Waals surface area contributed by atoms with E-state index in [1.807, 2.05) is 13.0 Å². The third-order valence-corrected chi connectivity index (χ3v) is 2.74. The highest BCUT2D eigenvalue weighted by molar-refractivity contribution is 5.87. The van der Waals surface area contributed by atoms with Gasteiger partial charge in [-0.3, -0.25) is 4.79 Å². The number of carboxylic acid groups (broad SMARTS) is 1. The van der Waals surface area contributed by atoms with E-state index in [9.17, 15) is 9.59 Å². The molecule has 19 heavy (non-hydrogen) atoms. The van der Waals surface area contributed by atoms with Crippen molar-refractivity contribution in [2.24, 2.45) is 5.73 Å². The molecule has 0 saturated carbocycles. The first-order valence-corrected chi connectivity index (χ1v) is 6.33. The number of carbonyl (C=O) groups is 2. The minimum Gasteiger partial charge on any atom is -0.478 e. The smallest absolute Gasteiger partial charge is 0.335 e. The monoisotopic (exact) mass is 264 g/mol. The molecule has 0 aliphatic carbocycles. The summed E-state index contributed by atoms with van der Waals surface area (Å²) in [4.78, 5) is 22.3. The molecule has 1 atom stereocenters. The van der Waals surface area contributed by atoms with Crippen molar-refractivity contribution < 1.29 is 14.7 Å². The van der Waals surface area contributed by atoms with Crippen molar-refractivity contribution in [3.63, 3.8) is 0 Å². The Balaban J connectivity index is 2.35. The van der Waals surface area contributed by atoms with Crippen molar-refractivity contribution in [3.8, 4) is 0 Å². The molecule has 1 amide bonds. The van der Waals surface area contributed by atoms with Gasteiger partial charge in [0.2, 0.25) is 5.91 Å². The minimum absolute atomic E-state index is 0.0216. The maximum Gasteiger partial charge on any atom is 0.335 e. The van der Waals surface area contributed by atoms with Crippen molar-refractivity contribution in [2.45, 2.75) is 32.2 Å². The molecular weight excluding hydrogens is 244 g/mol. The second-order valence-electron chi connectivity index (χ2n) is 4.62. The van der Waals surface area contributed by atoms with Gasteiger partial charge in [0.25, 0.3) is 0 Å². The van der Waals surface area contributed by atoms with Crippen LogP contribution in [0.4, 0.5) is 0 Å². The summed E-state index contributed by atoms with van der Waals surface area (Å²) in [6, 6.07) is 6.75. The molecule has 0 aliphatic heterocycles. The summed E-state index contributed by atoms with van der Waals surface area (Å²) in [5.41, 5.74) is 6.73. The molecule has 0 fully saturated rings. The fraction of sp³-hybridized carbons (Fsp3) is 0.429. The normalized spacial score (nSPS) is 11.9. The molecule has 0 bridgehead atoms. The van der Waals surface area contributed by atoms with Crippen LogP contribution in [0.15, 0.2) is 24.3 Å². The standard InChI is InChI=1S/C14H20N2O3/c1-10(15)5-6-13(17)16-8-7-11-3-2-4-12(9-11)14(18)19/h2-4,9-10H,5-8,15H2,1H3,(H,16,17)(H,18,19). The third kappa shape index (κ3) is 6.01. The lowest BCUT2D eigenvalue weighted by Gasteiger charge is -2.07. The van der Waals surface area contributed by atoms with Gasteiger partial charge in [-0.05, 0) is 37.5 Å². The van der Waals surface area contributed by atoms with E-state index in [-0.39, 0.29) is 17.5 Å². The highest BCUT2D eigenvalue weighted by atomic mass is 16.4. The number of hydrogen-bond acceptors (Lipinski definition) is 3. The summed E-state index contributed by atoms with van der Waals surface area (Å²) in [6.45, 7) is 2.37. The Morgan fingerprint density at radius 1 is 1.42 bits per heavy atom. The Morgan fingerprint density at radius 2 is 2.16 bits per heavy atom. The predicted octanol–water partition coefficient (Wildman–Crippen LogP) is 1.17. The predicted molar refractivity (Wildman–Crippen MR) is 73.0 cm³/mol. The molecule has 1 unspecified atom stereocenters. The zero-order valence-corrected chi connectivity index (χ0v) is 11.1. The maximum absolute atomic E-state index is 11.5. The molecular formula is C14H20N2O3. The van der Waals surface area contributed by atoms with Crippen LogP contribution in [0, 0.1) is 0 Å². The molecule has 0 saturated heterocycles. The summed E-state index contributed by atoms with van der Waals surface area (Å²) in [7, 11) is 0. The number of aromatic carboxylic acids is 1. The largest absolute Gasteiger partial charge is 0.478 e. The van der Waals surface area contributed by atoms with E-state index >= 15 is 0 Å². The topological polar surface area (TPSA) is 92.4 Å². The van der Waals surface area contributed by atoms with Crippen LogP contribution in [0.1, 0.15) is 35.7 Å². The van der Waals surface area contributed by atoms with Crippen LogP contribution in [0.25, 0.3) is 0 Å². The highest BCUT2D eigenvalue weighted by Crippen LogP contribution is 2.05. The first-order valence-electron chi connectivity index (χ1n) is 6.33. The van der Waals surface area contributed by atoms with E-state index in [1.54, 1.807) is 18.2 Å². The molecule has 104 valence electrons. The van der Waals surface area contributed by atoms with E-state index in [4.69, 9.17) is 10.8 Å². The summed E-state index contributed by atoms with van der Waals surface area (Å²) in [6.07, 6.45) is 1.71. The lowest BCUT2D eigenvalue weighted by molar-refractivity contribution is -0.121. The van der Waals surface area contributed by atoms with Gasteiger partial charge in [-0.2, -0.15) is 0 Å². The molecule has 1 aromatic rings. The van der Waals surface area contributed by atoms with Crippen LogP contribution in [0.3, 0.4) is 0 Å². The fourth-order valence-corrected chi connectivity index (χ4v) is 1.65. The van der Waals surface area contributed by atoms with Crippen molar-refractivity contribution >= 4 is 11.9 Å². The lowest BCUT2D eigenvalue weighted by Crippen LogP contribution is -2.27. The molecule has 0 spiro atoms. The number of carbonyl (C=O) groups excluding carboxylic acids is 1. The molecule has 1 rings (SSSR count). The number of hydrogen-bond donors (Lipinski definition) is 3. The molecule has 5 heteroatoms. The van der Waals surface area contributed by atoms with Crippen LogP contribution < -0.4 is 11.1 Å². The minimum atomic E-state index is -0.942. The Bertz CT molecular complexity index is 444. The average molecular weight is 264 g/mol. The van der Waals surface area contributed by atoms with Crippen LogP contribution in [0.5, 0.6) is 0 Å².